The zero-order chi connectivity index (χ0) is 31.7. The lowest BCUT2D eigenvalue weighted by atomic mass is 9.78. The van der Waals surface area contributed by atoms with Crippen molar-refractivity contribution in [1.29, 1.82) is 0 Å². The first-order valence-corrected chi connectivity index (χ1v) is 15.4. The van der Waals surface area contributed by atoms with E-state index in [1.54, 1.807) is 41.3 Å². The van der Waals surface area contributed by atoms with Crippen LogP contribution in [0.2, 0.25) is 5.02 Å². The molecule has 3 atom stereocenters. The quantitative estimate of drug-likeness (QED) is 0.211. The normalized spacial score (nSPS) is 19.5. The summed E-state index contributed by atoms with van der Waals surface area (Å²) in [6.45, 7) is 0.180. The van der Waals surface area contributed by atoms with Crippen LogP contribution in [-0.4, -0.2) is 35.0 Å². The molecule has 3 heterocycles. The minimum Gasteiger partial charge on any atom is -0.497 e. The van der Waals surface area contributed by atoms with Crippen LogP contribution in [0.3, 0.4) is 0 Å². The molecule has 46 heavy (non-hydrogen) atoms. The molecule has 10 heteroatoms. The van der Waals surface area contributed by atoms with Gasteiger partial charge in [-0.15, -0.1) is 0 Å². The Balaban J connectivity index is 1.28. The summed E-state index contributed by atoms with van der Waals surface area (Å²) in [5.74, 6) is -0.399. The second-order valence-electron chi connectivity index (χ2n) is 11.9. The van der Waals surface area contributed by atoms with Gasteiger partial charge in [0, 0.05) is 51.9 Å². The zero-order valence-electron chi connectivity index (χ0n) is 24.6. The molecule has 7 nitrogen and oxygen atoms in total. The number of halogens is 3. The zero-order valence-corrected chi connectivity index (χ0v) is 25.4. The molecule has 1 aromatic heterocycles. The van der Waals surface area contributed by atoms with Crippen molar-refractivity contribution in [2.45, 2.75) is 37.4 Å². The van der Waals surface area contributed by atoms with E-state index in [9.17, 15) is 18.4 Å². The number of methoxy groups -OCH3 is 1. The van der Waals surface area contributed by atoms with Crippen LogP contribution in [0.5, 0.6) is 5.75 Å². The molecule has 1 fully saturated rings. The van der Waals surface area contributed by atoms with E-state index in [4.69, 9.17) is 16.3 Å². The van der Waals surface area contributed by atoms with Crippen molar-refractivity contribution in [3.8, 4) is 5.75 Å². The number of hydrogen-bond acceptors (Lipinski definition) is 4. The Morgan fingerprint density at radius 1 is 1.00 bits per heavy atom. The van der Waals surface area contributed by atoms with E-state index < -0.39 is 17.9 Å². The van der Waals surface area contributed by atoms with Gasteiger partial charge in [-0.1, -0.05) is 29.8 Å². The highest BCUT2D eigenvalue weighted by molar-refractivity contribution is 6.31. The van der Waals surface area contributed by atoms with Crippen LogP contribution in [0, 0.1) is 11.6 Å². The van der Waals surface area contributed by atoms with Gasteiger partial charge < -0.3 is 15.0 Å². The summed E-state index contributed by atoms with van der Waals surface area (Å²) in [7, 11) is 1.58. The number of ether oxygens (including phenoxy) is 1. The van der Waals surface area contributed by atoms with Crippen molar-refractivity contribution in [3.63, 3.8) is 0 Å². The Labute approximate surface area is 268 Å². The van der Waals surface area contributed by atoms with Crippen molar-refractivity contribution >= 4 is 45.8 Å². The summed E-state index contributed by atoms with van der Waals surface area (Å²) in [6, 6.07) is 19.9. The van der Waals surface area contributed by atoms with Crippen molar-refractivity contribution in [1.82, 2.24) is 9.88 Å². The fourth-order valence-electron chi connectivity index (χ4n) is 7.22. The largest absolute Gasteiger partial charge is 0.497 e. The van der Waals surface area contributed by atoms with Gasteiger partial charge in [0.15, 0.2) is 0 Å². The molecule has 1 saturated carbocycles. The SMILES string of the molecule is COc1ccc(CN2C(=O)c3c(c(NC(=O)N4c5ccc(F)cc5C5CCC54)cc4ncccc34)C2c2cc(F)ccc2Cl)cc1. The minimum absolute atomic E-state index is 0.0702. The number of nitrogens with zero attached hydrogens (tertiary/aromatic N) is 3. The Hall–Kier alpha value is -5.02. The van der Waals surface area contributed by atoms with Crippen molar-refractivity contribution < 1.29 is 23.1 Å². The fourth-order valence-corrected chi connectivity index (χ4v) is 7.44. The van der Waals surface area contributed by atoms with Crippen LogP contribution in [0.25, 0.3) is 10.9 Å². The van der Waals surface area contributed by atoms with Crippen LogP contribution >= 0.6 is 11.6 Å². The molecule has 1 N–H and O–H groups in total. The standard InChI is InChI=1S/C36H27ClF2N4O3/c1-46-22-8-4-19(5-9-22)18-42-34(26-16-20(38)6-11-27(26)37)33-29(17-28-24(3-2-14-40-28)32(33)35(42)44)41-36(45)43-30-13-10-23(30)25-15-21(39)7-12-31(25)43/h2-9,11-12,14-17,23,30,34H,10,13,18H2,1H3,(H,41,45). The highest BCUT2D eigenvalue weighted by Crippen LogP contribution is 2.53. The maximum absolute atomic E-state index is 14.8. The molecule has 4 aromatic carbocycles. The third-order valence-electron chi connectivity index (χ3n) is 9.45. The summed E-state index contributed by atoms with van der Waals surface area (Å²) < 4.78 is 34.3. The maximum atomic E-state index is 14.8. The first kappa shape index (κ1) is 28.5. The molecule has 230 valence electrons. The van der Waals surface area contributed by atoms with E-state index in [2.05, 4.69) is 10.3 Å². The number of amides is 3. The average molecular weight is 637 g/mol. The van der Waals surface area contributed by atoms with E-state index in [1.165, 1.54) is 30.3 Å². The van der Waals surface area contributed by atoms with Crippen molar-refractivity contribution in [2.24, 2.45) is 0 Å². The Morgan fingerprint density at radius 2 is 1.76 bits per heavy atom. The van der Waals surface area contributed by atoms with Gasteiger partial charge >= 0.3 is 6.03 Å². The minimum atomic E-state index is -0.830. The van der Waals surface area contributed by atoms with Crippen LogP contribution in [0.15, 0.2) is 85.1 Å². The van der Waals surface area contributed by atoms with E-state index >= 15 is 0 Å². The third kappa shape index (κ3) is 4.41. The summed E-state index contributed by atoms with van der Waals surface area (Å²) in [4.78, 5) is 36.5. The lowest BCUT2D eigenvalue weighted by molar-refractivity contribution is 0.0737. The number of rotatable bonds is 5. The number of hydrogen-bond donors (Lipinski definition) is 1. The number of aromatic nitrogens is 1. The van der Waals surface area contributed by atoms with Gasteiger partial charge in [0.1, 0.15) is 17.4 Å². The molecule has 5 aromatic rings. The second kappa shape index (κ2) is 10.8. The van der Waals surface area contributed by atoms with Gasteiger partial charge in [-0.2, -0.15) is 0 Å². The maximum Gasteiger partial charge on any atom is 0.326 e. The molecular weight excluding hydrogens is 610 g/mol. The number of pyridine rings is 1. The predicted octanol–water partition coefficient (Wildman–Crippen LogP) is 8.22. The van der Waals surface area contributed by atoms with Gasteiger partial charge in [-0.3, -0.25) is 14.7 Å². The second-order valence-corrected chi connectivity index (χ2v) is 12.3. The molecule has 1 aliphatic carbocycles. The molecule has 8 rings (SSSR count). The summed E-state index contributed by atoms with van der Waals surface area (Å²) in [6.07, 6.45) is 3.29. The van der Waals surface area contributed by atoms with Crippen LogP contribution in [0.1, 0.15) is 57.4 Å². The molecule has 0 saturated heterocycles. The molecule has 2 aliphatic heterocycles. The van der Waals surface area contributed by atoms with Gasteiger partial charge in [0.05, 0.1) is 29.9 Å². The molecule has 0 radical (unpaired) electrons. The average Bonchev–Trinajstić information content (AvgIpc) is 3.44. The molecule has 0 spiro atoms. The summed E-state index contributed by atoms with van der Waals surface area (Å²) in [5.41, 5.74) is 4.46. The van der Waals surface area contributed by atoms with Gasteiger partial charge in [-0.05, 0) is 84.6 Å². The van der Waals surface area contributed by atoms with E-state index in [0.717, 1.165) is 24.0 Å². The number of carbonyl (C=O) groups excluding carboxylic acids is 2. The fraction of sp³-hybridized carbons (Fsp3) is 0.194. The Bertz CT molecular complexity index is 2070. The van der Waals surface area contributed by atoms with Gasteiger partial charge in [-0.25, -0.2) is 13.6 Å². The molecule has 0 bridgehead atoms. The molecule has 3 aliphatic rings. The topological polar surface area (TPSA) is 74.8 Å². The number of urea groups is 1. The van der Waals surface area contributed by atoms with Crippen LogP contribution in [0.4, 0.5) is 25.0 Å². The smallest absolute Gasteiger partial charge is 0.326 e. The number of fused-ring (bicyclic) bond motifs is 6. The highest BCUT2D eigenvalue weighted by atomic mass is 35.5. The lowest BCUT2D eigenvalue weighted by Gasteiger charge is -2.36. The first-order valence-electron chi connectivity index (χ1n) is 15.0. The van der Waals surface area contributed by atoms with E-state index in [1.807, 2.05) is 30.3 Å². The highest BCUT2D eigenvalue weighted by Gasteiger charge is 2.48. The van der Waals surface area contributed by atoms with E-state index in [-0.39, 0.29) is 35.3 Å². The number of carbonyl (C=O) groups is 2. The Morgan fingerprint density at radius 3 is 2.50 bits per heavy atom. The van der Waals surface area contributed by atoms with Gasteiger partial charge in [0.25, 0.3) is 5.91 Å². The number of nitrogens with one attached hydrogen (secondary N) is 1. The molecular formula is C36H27ClF2N4O3. The van der Waals surface area contributed by atoms with Crippen LogP contribution in [-0.2, 0) is 6.54 Å². The van der Waals surface area contributed by atoms with Crippen molar-refractivity contribution in [3.05, 3.63) is 130 Å². The van der Waals surface area contributed by atoms with E-state index in [0.29, 0.717) is 44.7 Å². The number of benzene rings is 4. The predicted molar refractivity (Wildman–Crippen MR) is 172 cm³/mol. The summed E-state index contributed by atoms with van der Waals surface area (Å²) >= 11 is 6.73. The Kier molecular flexibility index (Phi) is 6.68. The first-order chi connectivity index (χ1) is 22.3. The van der Waals surface area contributed by atoms with Crippen molar-refractivity contribution in [2.75, 3.05) is 17.3 Å². The molecule has 3 amide bonds. The summed E-state index contributed by atoms with van der Waals surface area (Å²) in [5, 5.41) is 3.98. The third-order valence-corrected chi connectivity index (χ3v) is 9.80. The van der Waals surface area contributed by atoms with Crippen LogP contribution < -0.4 is 15.0 Å². The monoisotopic (exact) mass is 636 g/mol. The van der Waals surface area contributed by atoms with Gasteiger partial charge in [0.2, 0.25) is 0 Å². The molecule has 3 unspecified atom stereocenters. The lowest BCUT2D eigenvalue weighted by Crippen LogP contribution is -2.46. The number of anilines is 2.